The Morgan fingerprint density at radius 2 is 2.07 bits per heavy atom. The third-order valence-corrected chi connectivity index (χ3v) is 5.47. The van der Waals surface area contributed by atoms with Crippen molar-refractivity contribution in [2.75, 3.05) is 26.2 Å². The fraction of sp³-hybridized carbons (Fsp3) is 0.682. The second kappa shape index (κ2) is 13.7. The predicted octanol–water partition coefficient (Wildman–Crippen LogP) is 3.48. The van der Waals surface area contributed by atoms with Crippen LogP contribution in [0.25, 0.3) is 0 Å². The van der Waals surface area contributed by atoms with Crippen LogP contribution in [0.1, 0.15) is 63.9 Å². The molecule has 7 nitrogen and oxygen atoms in total. The number of guanidine groups is 1. The summed E-state index contributed by atoms with van der Waals surface area (Å²) >= 11 is 0. The van der Waals surface area contributed by atoms with Crippen molar-refractivity contribution in [2.24, 2.45) is 4.99 Å². The summed E-state index contributed by atoms with van der Waals surface area (Å²) in [7, 11) is 0. The summed E-state index contributed by atoms with van der Waals surface area (Å²) < 4.78 is 5.99. The number of halogens is 1. The number of rotatable bonds is 9. The van der Waals surface area contributed by atoms with Crippen LogP contribution >= 0.6 is 24.0 Å². The Bertz CT molecular complexity index is 662. The molecule has 2 aliphatic rings. The number of hydrogen-bond acceptors (Lipinski definition) is 4. The van der Waals surface area contributed by atoms with Gasteiger partial charge in [-0.2, -0.15) is 0 Å². The Balaban J connectivity index is 0.00000320. The zero-order chi connectivity index (χ0) is 20.3. The molecule has 0 aromatic carbocycles. The molecule has 1 amide bonds. The Labute approximate surface area is 197 Å². The summed E-state index contributed by atoms with van der Waals surface area (Å²) in [5, 5.41) is 6.62. The lowest BCUT2D eigenvalue weighted by atomic mass is 9.98. The number of pyridine rings is 1. The van der Waals surface area contributed by atoms with Gasteiger partial charge in [0.2, 0.25) is 11.8 Å². The molecular weight excluding hydrogens is 493 g/mol. The molecule has 8 heteroatoms. The summed E-state index contributed by atoms with van der Waals surface area (Å²) in [6.07, 6.45) is 10.9. The SMILES string of the molecule is CCNC(=NCc1ccc(OC2CCCCC2)nc1)NCCCN1CCCC1=O.I. The molecule has 2 fully saturated rings. The highest BCUT2D eigenvalue weighted by molar-refractivity contribution is 14.0. The zero-order valence-electron chi connectivity index (χ0n) is 18.1. The van der Waals surface area contributed by atoms with Crippen LogP contribution in [0.2, 0.25) is 0 Å². The molecule has 30 heavy (non-hydrogen) atoms. The first-order valence-corrected chi connectivity index (χ1v) is 11.2. The van der Waals surface area contributed by atoms with E-state index in [-0.39, 0.29) is 29.9 Å². The van der Waals surface area contributed by atoms with Crippen LogP contribution in [0.15, 0.2) is 23.3 Å². The normalized spacial score (nSPS) is 17.6. The Morgan fingerprint density at radius 3 is 2.73 bits per heavy atom. The Morgan fingerprint density at radius 1 is 1.23 bits per heavy atom. The Kier molecular flexibility index (Phi) is 11.2. The van der Waals surface area contributed by atoms with Crippen LogP contribution in [-0.4, -0.2) is 54.0 Å². The smallest absolute Gasteiger partial charge is 0.222 e. The first-order valence-electron chi connectivity index (χ1n) is 11.2. The minimum absolute atomic E-state index is 0. The maximum atomic E-state index is 11.7. The maximum absolute atomic E-state index is 11.7. The molecule has 1 aliphatic carbocycles. The van der Waals surface area contributed by atoms with E-state index in [9.17, 15) is 4.79 Å². The van der Waals surface area contributed by atoms with Gasteiger partial charge < -0.3 is 20.3 Å². The molecule has 168 valence electrons. The van der Waals surface area contributed by atoms with E-state index in [0.717, 1.165) is 63.4 Å². The highest BCUT2D eigenvalue weighted by atomic mass is 127. The summed E-state index contributed by atoms with van der Waals surface area (Å²) in [6.45, 7) is 5.94. The standard InChI is InChI=1S/C22H35N5O2.HI/c1-2-23-22(24-13-7-15-27-14-6-10-21(27)28)26-17-18-11-12-20(25-16-18)29-19-8-4-3-5-9-19;/h11-12,16,19H,2-10,13-15,17H2,1H3,(H2,23,24,26);1H. The van der Waals surface area contributed by atoms with Crippen molar-refractivity contribution in [3.8, 4) is 5.88 Å². The third-order valence-electron chi connectivity index (χ3n) is 5.47. The molecule has 3 rings (SSSR count). The molecule has 0 unspecified atom stereocenters. The first kappa shape index (κ1) is 24.7. The number of hydrogen-bond donors (Lipinski definition) is 2. The largest absolute Gasteiger partial charge is 0.474 e. The number of nitrogens with zero attached hydrogens (tertiary/aromatic N) is 3. The van der Waals surface area contributed by atoms with Crippen LogP contribution in [0, 0.1) is 0 Å². The molecule has 2 heterocycles. The van der Waals surface area contributed by atoms with Gasteiger partial charge in [-0.25, -0.2) is 9.98 Å². The average molecular weight is 529 g/mol. The number of aromatic nitrogens is 1. The summed E-state index contributed by atoms with van der Waals surface area (Å²) in [6, 6.07) is 3.99. The van der Waals surface area contributed by atoms with E-state index >= 15 is 0 Å². The van der Waals surface area contributed by atoms with Gasteiger partial charge in [-0.3, -0.25) is 4.79 Å². The van der Waals surface area contributed by atoms with Crippen LogP contribution < -0.4 is 15.4 Å². The zero-order valence-corrected chi connectivity index (χ0v) is 20.4. The van der Waals surface area contributed by atoms with Crippen molar-refractivity contribution in [1.29, 1.82) is 0 Å². The Hall–Kier alpha value is -1.58. The molecule has 1 saturated heterocycles. The van der Waals surface area contributed by atoms with Gasteiger partial charge in [0.05, 0.1) is 6.54 Å². The highest BCUT2D eigenvalue weighted by Crippen LogP contribution is 2.22. The van der Waals surface area contributed by atoms with Crippen molar-refractivity contribution in [3.63, 3.8) is 0 Å². The minimum atomic E-state index is 0. The van der Waals surface area contributed by atoms with Crippen LogP contribution in [-0.2, 0) is 11.3 Å². The molecule has 0 atom stereocenters. The molecule has 1 aromatic heterocycles. The van der Waals surface area contributed by atoms with Crippen molar-refractivity contribution >= 4 is 35.8 Å². The van der Waals surface area contributed by atoms with E-state index in [0.29, 0.717) is 24.9 Å². The molecular formula is C22H36IN5O2. The first-order chi connectivity index (χ1) is 14.2. The van der Waals surface area contributed by atoms with Crippen LogP contribution in [0.3, 0.4) is 0 Å². The van der Waals surface area contributed by atoms with Crippen molar-refractivity contribution < 1.29 is 9.53 Å². The highest BCUT2D eigenvalue weighted by Gasteiger charge is 2.19. The molecule has 1 aromatic rings. The van der Waals surface area contributed by atoms with Crippen molar-refractivity contribution in [2.45, 2.75) is 70.9 Å². The second-order valence-electron chi connectivity index (χ2n) is 7.84. The quantitative estimate of drug-likeness (QED) is 0.222. The number of ether oxygens (including phenoxy) is 1. The lowest BCUT2D eigenvalue weighted by Crippen LogP contribution is -2.39. The van der Waals surface area contributed by atoms with E-state index in [4.69, 9.17) is 4.74 Å². The van der Waals surface area contributed by atoms with E-state index < -0.39 is 0 Å². The number of likely N-dealkylation sites (tertiary alicyclic amines) is 1. The monoisotopic (exact) mass is 529 g/mol. The number of aliphatic imine (C=N–C) groups is 1. The summed E-state index contributed by atoms with van der Waals surface area (Å²) in [5.41, 5.74) is 1.06. The van der Waals surface area contributed by atoms with E-state index in [2.05, 4.69) is 27.5 Å². The van der Waals surface area contributed by atoms with Gasteiger partial charge in [0, 0.05) is 44.9 Å². The van der Waals surface area contributed by atoms with E-state index in [1.807, 2.05) is 23.2 Å². The maximum Gasteiger partial charge on any atom is 0.222 e. The van der Waals surface area contributed by atoms with Crippen molar-refractivity contribution in [3.05, 3.63) is 23.9 Å². The predicted molar refractivity (Wildman–Crippen MR) is 130 cm³/mol. The second-order valence-corrected chi connectivity index (χ2v) is 7.84. The molecule has 0 bridgehead atoms. The van der Waals surface area contributed by atoms with Crippen LogP contribution in [0.5, 0.6) is 5.88 Å². The fourth-order valence-electron chi connectivity index (χ4n) is 3.86. The average Bonchev–Trinajstić information content (AvgIpc) is 3.16. The number of carbonyl (C=O) groups is 1. The lowest BCUT2D eigenvalue weighted by molar-refractivity contribution is -0.127. The molecule has 0 radical (unpaired) electrons. The van der Waals surface area contributed by atoms with Crippen LogP contribution in [0.4, 0.5) is 0 Å². The van der Waals surface area contributed by atoms with Gasteiger partial charge in [0.1, 0.15) is 6.10 Å². The van der Waals surface area contributed by atoms with E-state index in [1.165, 1.54) is 19.3 Å². The van der Waals surface area contributed by atoms with E-state index in [1.54, 1.807) is 0 Å². The molecule has 1 saturated carbocycles. The van der Waals surface area contributed by atoms with Gasteiger partial charge in [-0.15, -0.1) is 24.0 Å². The third kappa shape index (κ3) is 8.28. The lowest BCUT2D eigenvalue weighted by Gasteiger charge is -2.22. The number of amides is 1. The van der Waals surface area contributed by atoms with Gasteiger partial charge in [0.25, 0.3) is 0 Å². The number of nitrogens with one attached hydrogen (secondary N) is 2. The van der Waals surface area contributed by atoms with Gasteiger partial charge >= 0.3 is 0 Å². The van der Waals surface area contributed by atoms with Crippen molar-refractivity contribution in [1.82, 2.24) is 20.5 Å². The topological polar surface area (TPSA) is 78.9 Å². The minimum Gasteiger partial charge on any atom is -0.474 e. The molecule has 0 spiro atoms. The van der Waals surface area contributed by atoms with Gasteiger partial charge in [-0.05, 0) is 51.0 Å². The van der Waals surface area contributed by atoms with Gasteiger partial charge in [-0.1, -0.05) is 12.5 Å². The molecule has 2 N–H and O–H groups in total. The summed E-state index contributed by atoms with van der Waals surface area (Å²) in [5.74, 6) is 1.79. The molecule has 1 aliphatic heterocycles. The summed E-state index contributed by atoms with van der Waals surface area (Å²) in [4.78, 5) is 22.7. The fourth-order valence-corrected chi connectivity index (χ4v) is 3.86. The van der Waals surface area contributed by atoms with Gasteiger partial charge in [0.15, 0.2) is 5.96 Å². The number of carbonyl (C=O) groups excluding carboxylic acids is 1.